The van der Waals surface area contributed by atoms with Gasteiger partial charge in [0.05, 0.1) is 38.5 Å². The number of esters is 1. The van der Waals surface area contributed by atoms with Crippen molar-refractivity contribution in [2.45, 2.75) is 70.4 Å². The van der Waals surface area contributed by atoms with E-state index in [0.717, 1.165) is 33.2 Å². The molecule has 0 heterocycles. The first-order valence-electron chi connectivity index (χ1n) is 21.4. The van der Waals surface area contributed by atoms with Crippen LogP contribution in [0.4, 0.5) is 10.5 Å². The summed E-state index contributed by atoms with van der Waals surface area (Å²) in [6.07, 6.45) is 1.97. The van der Waals surface area contributed by atoms with E-state index in [0.29, 0.717) is 44.0 Å². The van der Waals surface area contributed by atoms with Gasteiger partial charge in [0, 0.05) is 31.6 Å². The first-order valence-corrected chi connectivity index (χ1v) is 21.4. The Labute approximate surface area is 371 Å². The van der Waals surface area contributed by atoms with Gasteiger partial charge >= 0.3 is 12.1 Å². The topological polar surface area (TPSA) is 137 Å². The molecule has 3 N–H and O–H groups in total. The highest BCUT2D eigenvalue weighted by molar-refractivity contribution is 5.99. The van der Waals surface area contributed by atoms with E-state index in [1.165, 1.54) is 6.08 Å². The van der Waals surface area contributed by atoms with Gasteiger partial charge < -0.3 is 44.5 Å². The Morgan fingerprint density at radius 1 is 0.825 bits per heavy atom. The van der Waals surface area contributed by atoms with E-state index < -0.39 is 23.7 Å². The Bertz CT molecular complexity index is 2210. The summed E-state index contributed by atoms with van der Waals surface area (Å²) in [7, 11) is 3.34. The number of hydrogen-bond acceptors (Lipinski definition) is 10. The molecule has 0 aliphatic rings. The van der Waals surface area contributed by atoms with Crippen LogP contribution < -0.4 is 25.4 Å². The molecule has 12 heteroatoms. The first-order chi connectivity index (χ1) is 30.4. The number of carbonyl (C=O) groups is 3. The molecule has 0 aliphatic carbocycles. The highest BCUT2D eigenvalue weighted by Gasteiger charge is 2.28. The zero-order valence-electron chi connectivity index (χ0n) is 37.1. The van der Waals surface area contributed by atoms with Crippen molar-refractivity contribution in [3.8, 4) is 11.5 Å². The van der Waals surface area contributed by atoms with Crippen LogP contribution in [0.1, 0.15) is 43.9 Å². The predicted molar refractivity (Wildman–Crippen MR) is 248 cm³/mol. The summed E-state index contributed by atoms with van der Waals surface area (Å²) >= 11 is 0. The van der Waals surface area contributed by atoms with Gasteiger partial charge in [0.2, 0.25) is 5.91 Å². The maximum atomic E-state index is 13.9. The average Bonchev–Trinajstić information content (AvgIpc) is 3.28. The number of ether oxygens (including phenoxy) is 5. The molecule has 0 aromatic heterocycles. The molecule has 0 saturated carbocycles. The summed E-state index contributed by atoms with van der Waals surface area (Å²) in [4.78, 5) is 41.9. The van der Waals surface area contributed by atoms with E-state index in [9.17, 15) is 14.4 Å². The number of nitrogens with zero attached hydrogens (tertiary/aromatic N) is 1. The smallest absolute Gasteiger partial charge is 0.410 e. The Hall–Kier alpha value is -6.37. The van der Waals surface area contributed by atoms with Crippen LogP contribution in [0, 0.1) is 0 Å². The molecule has 5 rings (SSSR count). The second-order valence-electron chi connectivity index (χ2n) is 16.3. The van der Waals surface area contributed by atoms with E-state index in [4.69, 9.17) is 23.7 Å². The lowest BCUT2D eigenvalue weighted by molar-refractivity contribution is -0.144. The molecule has 0 saturated heterocycles. The first kappa shape index (κ1) is 47.7. The lowest BCUT2D eigenvalue weighted by Gasteiger charge is -2.32. The van der Waals surface area contributed by atoms with E-state index in [1.807, 2.05) is 130 Å². The number of likely N-dealkylation sites (N-methyl/N-ethyl adjacent to an activating group) is 1. The monoisotopic (exact) mass is 858 g/mol. The minimum absolute atomic E-state index is 0.0228. The number of fused-ring (bicyclic) bond motifs is 1. The minimum Gasteiger partial charge on any atom is -0.497 e. The number of methoxy groups -OCH3 is 1. The fourth-order valence-corrected chi connectivity index (χ4v) is 6.82. The van der Waals surface area contributed by atoms with Gasteiger partial charge in [0.15, 0.2) is 0 Å². The SMILES string of the molecule is C=CCOC(=O)C[C@H](Nc1c(OC[C@@H](Cc2ccccc2)NC[C@@H](COCc2ccccc2)N(C)C(=O)OC(C)(C)C)ccc2ccccc12)C(=O)NCCc1cccc(OC)c1. The molecular formula is C51H62N4O8. The quantitative estimate of drug-likeness (QED) is 0.0412. The van der Waals surface area contributed by atoms with Crippen LogP contribution in [0.25, 0.3) is 10.8 Å². The molecule has 0 fully saturated rings. The number of amides is 2. The molecule has 12 nitrogen and oxygen atoms in total. The van der Waals surface area contributed by atoms with E-state index in [-0.39, 0.29) is 44.2 Å². The van der Waals surface area contributed by atoms with Crippen LogP contribution in [0.15, 0.2) is 134 Å². The van der Waals surface area contributed by atoms with Gasteiger partial charge in [-0.05, 0) is 73.9 Å². The fourth-order valence-electron chi connectivity index (χ4n) is 6.82. The van der Waals surface area contributed by atoms with Crippen molar-refractivity contribution >= 4 is 34.4 Å². The Morgan fingerprint density at radius 2 is 1.52 bits per heavy atom. The average molecular weight is 859 g/mol. The molecule has 334 valence electrons. The number of hydrogen-bond donors (Lipinski definition) is 3. The van der Waals surface area contributed by atoms with E-state index in [1.54, 1.807) is 19.1 Å². The highest BCUT2D eigenvalue weighted by atomic mass is 16.6. The molecule has 5 aromatic carbocycles. The summed E-state index contributed by atoms with van der Waals surface area (Å²) in [6, 6.07) is 37.7. The number of nitrogens with one attached hydrogen (secondary N) is 3. The van der Waals surface area contributed by atoms with Gasteiger partial charge in [0.25, 0.3) is 0 Å². The standard InChI is InChI=1S/C51H62N4O8/c1-7-29-61-47(56)32-45(49(57)52-28-27-38-21-16-23-43(31-38)59-6)54-48-44-24-15-14-22-40(44)25-26-46(48)62-35-41(30-37-17-10-8-11-18-37)53-33-42(55(5)50(58)63-51(2,3)4)36-60-34-39-19-12-9-13-20-39/h7-26,31,41-42,45,53-54H,1,27-30,32-36H2,2-6H3,(H,52,57)/t41-,42+,45+/m1/s1. The third-order valence-corrected chi connectivity index (χ3v) is 10.2. The van der Waals surface area contributed by atoms with Gasteiger partial charge in [-0.25, -0.2) is 4.79 Å². The van der Waals surface area contributed by atoms with Gasteiger partial charge in [-0.2, -0.15) is 0 Å². The largest absolute Gasteiger partial charge is 0.497 e. The Morgan fingerprint density at radius 3 is 2.24 bits per heavy atom. The Kier molecular flexibility index (Phi) is 18.4. The summed E-state index contributed by atoms with van der Waals surface area (Å²) < 4.78 is 29.3. The van der Waals surface area contributed by atoms with Gasteiger partial charge in [-0.3, -0.25) is 9.59 Å². The molecule has 63 heavy (non-hydrogen) atoms. The molecule has 0 aliphatic heterocycles. The van der Waals surface area contributed by atoms with Crippen LogP contribution in [0.2, 0.25) is 0 Å². The Balaban J connectivity index is 1.38. The number of anilines is 1. The lowest BCUT2D eigenvalue weighted by atomic mass is 10.0. The molecule has 5 aromatic rings. The van der Waals surface area contributed by atoms with Crippen molar-refractivity contribution in [1.29, 1.82) is 0 Å². The predicted octanol–water partition coefficient (Wildman–Crippen LogP) is 8.14. The number of benzene rings is 5. The van der Waals surface area contributed by atoms with Gasteiger partial charge in [-0.15, -0.1) is 0 Å². The van der Waals surface area contributed by atoms with Crippen LogP contribution >= 0.6 is 0 Å². The summed E-state index contributed by atoms with van der Waals surface area (Å²) in [6.45, 7) is 10.8. The van der Waals surface area contributed by atoms with Crippen molar-refractivity contribution in [3.63, 3.8) is 0 Å². The second kappa shape index (κ2) is 24.3. The molecule has 0 spiro atoms. The zero-order chi connectivity index (χ0) is 45.0. The second-order valence-corrected chi connectivity index (χ2v) is 16.3. The summed E-state index contributed by atoms with van der Waals surface area (Å²) in [5.74, 6) is 0.305. The van der Waals surface area contributed by atoms with Gasteiger partial charge in [-0.1, -0.05) is 116 Å². The van der Waals surface area contributed by atoms with Crippen molar-refractivity contribution in [1.82, 2.24) is 15.5 Å². The van der Waals surface area contributed by atoms with Crippen LogP contribution in [0.3, 0.4) is 0 Å². The maximum Gasteiger partial charge on any atom is 0.410 e. The normalized spacial score (nSPS) is 12.7. The molecular weight excluding hydrogens is 797 g/mol. The number of carbonyl (C=O) groups excluding carboxylic acids is 3. The highest BCUT2D eigenvalue weighted by Crippen LogP contribution is 2.34. The van der Waals surface area contributed by atoms with Crippen molar-refractivity contribution in [3.05, 3.63) is 151 Å². The molecule has 3 atom stereocenters. The lowest BCUT2D eigenvalue weighted by Crippen LogP contribution is -2.50. The maximum absolute atomic E-state index is 13.9. The van der Waals surface area contributed by atoms with Crippen molar-refractivity contribution in [2.24, 2.45) is 0 Å². The fraction of sp³-hybridized carbons (Fsp3) is 0.353. The van der Waals surface area contributed by atoms with Crippen LogP contribution in [-0.4, -0.2) is 93.7 Å². The van der Waals surface area contributed by atoms with Crippen molar-refractivity contribution < 1.29 is 38.1 Å². The van der Waals surface area contributed by atoms with E-state index >= 15 is 0 Å². The zero-order valence-corrected chi connectivity index (χ0v) is 37.1. The van der Waals surface area contributed by atoms with Crippen molar-refractivity contribution in [2.75, 3.05) is 52.4 Å². The minimum atomic E-state index is -1.00. The van der Waals surface area contributed by atoms with E-state index in [2.05, 4.69) is 34.7 Å². The van der Waals surface area contributed by atoms with Gasteiger partial charge in [0.1, 0.15) is 36.4 Å². The summed E-state index contributed by atoms with van der Waals surface area (Å²) in [5, 5.41) is 11.8. The number of rotatable bonds is 24. The van der Waals surface area contributed by atoms with Crippen LogP contribution in [-0.2, 0) is 43.2 Å². The summed E-state index contributed by atoms with van der Waals surface area (Å²) in [5.41, 5.74) is 3.01. The molecule has 0 radical (unpaired) electrons. The van der Waals surface area contributed by atoms with Crippen LogP contribution in [0.5, 0.6) is 11.5 Å². The third-order valence-electron chi connectivity index (χ3n) is 10.2. The molecule has 2 amide bonds. The molecule has 0 bridgehead atoms. The molecule has 0 unspecified atom stereocenters. The third kappa shape index (κ3) is 15.8.